The molecule has 1 aliphatic rings. The molecular formula is C16H23N3O2. The van der Waals surface area contributed by atoms with E-state index in [1.807, 2.05) is 38.6 Å². The fraction of sp³-hybridized carbons (Fsp3) is 0.625. The lowest BCUT2D eigenvalue weighted by Crippen LogP contribution is -2.30. The highest BCUT2D eigenvalue weighted by Crippen LogP contribution is 2.32. The summed E-state index contributed by atoms with van der Waals surface area (Å²) in [4.78, 5) is 16.1. The van der Waals surface area contributed by atoms with E-state index in [4.69, 9.17) is 4.74 Å². The van der Waals surface area contributed by atoms with Crippen LogP contribution in [0.3, 0.4) is 0 Å². The minimum atomic E-state index is -0.226. The second-order valence-electron chi connectivity index (χ2n) is 6.45. The van der Waals surface area contributed by atoms with E-state index < -0.39 is 0 Å². The number of hydrogen-bond donors (Lipinski definition) is 1. The molecule has 21 heavy (non-hydrogen) atoms. The fourth-order valence-electron chi connectivity index (χ4n) is 2.29. The Hall–Kier alpha value is -1.80. The SMILES string of the molecule is Cn1ccnc1[C@@H]1OCC[C@H]1CNC(=O)C#CC(C)(C)C. The standard InChI is InChI=1S/C16H23N3O2/c1-16(2,3)7-5-13(20)18-11-12-6-10-21-14(12)15-17-8-9-19(15)4/h8-9,12,14H,6,10-11H2,1-4H3,(H,18,20)/t12-,14+/m0/s1. The maximum atomic E-state index is 11.8. The lowest BCUT2D eigenvalue weighted by atomic mass is 9.98. The van der Waals surface area contributed by atoms with E-state index >= 15 is 0 Å². The molecule has 1 saturated heterocycles. The normalized spacial score (nSPS) is 21.7. The zero-order chi connectivity index (χ0) is 15.5. The number of carbonyl (C=O) groups is 1. The third-order valence-electron chi connectivity index (χ3n) is 3.40. The third kappa shape index (κ3) is 4.33. The molecule has 1 aromatic heterocycles. The lowest BCUT2D eigenvalue weighted by Gasteiger charge is -2.18. The molecule has 0 unspecified atom stereocenters. The van der Waals surface area contributed by atoms with Crippen LogP contribution in [0.2, 0.25) is 0 Å². The minimum Gasteiger partial charge on any atom is -0.370 e. The van der Waals surface area contributed by atoms with Crippen LogP contribution in [0.25, 0.3) is 0 Å². The van der Waals surface area contributed by atoms with Gasteiger partial charge in [-0.2, -0.15) is 0 Å². The van der Waals surface area contributed by atoms with Crippen LogP contribution in [0, 0.1) is 23.2 Å². The number of hydrogen-bond acceptors (Lipinski definition) is 3. The first-order chi connectivity index (χ1) is 9.87. The van der Waals surface area contributed by atoms with Crippen molar-refractivity contribution in [3.05, 3.63) is 18.2 Å². The average Bonchev–Trinajstić information content (AvgIpc) is 3.01. The van der Waals surface area contributed by atoms with Crippen molar-refractivity contribution < 1.29 is 9.53 Å². The van der Waals surface area contributed by atoms with Gasteiger partial charge in [0.25, 0.3) is 5.91 Å². The largest absolute Gasteiger partial charge is 0.370 e. The maximum absolute atomic E-state index is 11.8. The topological polar surface area (TPSA) is 56.1 Å². The number of rotatable bonds is 3. The van der Waals surface area contributed by atoms with Crippen LogP contribution in [-0.2, 0) is 16.6 Å². The van der Waals surface area contributed by atoms with E-state index in [2.05, 4.69) is 22.1 Å². The Bertz CT molecular complexity index is 560. The highest BCUT2D eigenvalue weighted by Gasteiger charge is 2.32. The smallest absolute Gasteiger partial charge is 0.295 e. The van der Waals surface area contributed by atoms with Crippen LogP contribution >= 0.6 is 0 Å². The van der Waals surface area contributed by atoms with E-state index in [0.29, 0.717) is 13.2 Å². The van der Waals surface area contributed by atoms with Crippen LogP contribution in [0.5, 0.6) is 0 Å². The van der Waals surface area contributed by atoms with Gasteiger partial charge in [0, 0.05) is 43.9 Å². The van der Waals surface area contributed by atoms with Crippen molar-refractivity contribution >= 4 is 5.91 Å². The summed E-state index contributed by atoms with van der Waals surface area (Å²) in [6.45, 7) is 7.21. The maximum Gasteiger partial charge on any atom is 0.295 e. The van der Waals surface area contributed by atoms with Crippen molar-refractivity contribution in [2.24, 2.45) is 18.4 Å². The highest BCUT2D eigenvalue weighted by atomic mass is 16.5. The second-order valence-corrected chi connectivity index (χ2v) is 6.45. The van der Waals surface area contributed by atoms with Gasteiger partial charge in [-0.25, -0.2) is 4.98 Å². The molecule has 5 heteroatoms. The number of nitrogens with zero attached hydrogens (tertiary/aromatic N) is 2. The quantitative estimate of drug-likeness (QED) is 0.861. The van der Waals surface area contributed by atoms with Gasteiger partial charge in [0.1, 0.15) is 11.9 Å². The summed E-state index contributed by atoms with van der Waals surface area (Å²) in [6, 6.07) is 0. The van der Waals surface area contributed by atoms with Gasteiger partial charge in [0.15, 0.2) is 0 Å². The van der Waals surface area contributed by atoms with Crippen LogP contribution in [0.1, 0.15) is 39.1 Å². The predicted molar refractivity (Wildman–Crippen MR) is 80.2 cm³/mol. The zero-order valence-corrected chi connectivity index (χ0v) is 13.1. The molecule has 0 saturated carbocycles. The number of amides is 1. The molecule has 0 bridgehead atoms. The molecule has 0 aliphatic carbocycles. The third-order valence-corrected chi connectivity index (χ3v) is 3.40. The monoisotopic (exact) mass is 289 g/mol. The summed E-state index contributed by atoms with van der Waals surface area (Å²) in [7, 11) is 1.95. The highest BCUT2D eigenvalue weighted by molar-refractivity contribution is 5.93. The summed E-state index contributed by atoms with van der Waals surface area (Å²) in [5.74, 6) is 6.51. The molecular weight excluding hydrogens is 266 g/mol. The van der Waals surface area contributed by atoms with Crippen LogP contribution < -0.4 is 5.32 Å². The van der Waals surface area contributed by atoms with E-state index in [-0.39, 0.29) is 23.3 Å². The van der Waals surface area contributed by atoms with Crippen molar-refractivity contribution in [2.75, 3.05) is 13.2 Å². The predicted octanol–water partition coefficient (Wildman–Crippen LogP) is 1.66. The van der Waals surface area contributed by atoms with E-state index in [0.717, 1.165) is 12.2 Å². The molecule has 114 valence electrons. The number of ether oxygens (including phenoxy) is 1. The molecule has 5 nitrogen and oxygen atoms in total. The molecule has 0 radical (unpaired) electrons. The summed E-state index contributed by atoms with van der Waals surface area (Å²) < 4.78 is 7.73. The van der Waals surface area contributed by atoms with Crippen molar-refractivity contribution in [1.82, 2.24) is 14.9 Å². The Morgan fingerprint density at radius 3 is 2.95 bits per heavy atom. The Balaban J connectivity index is 1.92. The molecule has 1 aliphatic heterocycles. The first kappa shape index (κ1) is 15.6. The first-order valence-corrected chi connectivity index (χ1v) is 7.26. The molecule has 0 spiro atoms. The first-order valence-electron chi connectivity index (χ1n) is 7.26. The van der Waals surface area contributed by atoms with Crippen molar-refractivity contribution in [1.29, 1.82) is 0 Å². The van der Waals surface area contributed by atoms with Gasteiger partial charge in [-0.1, -0.05) is 5.92 Å². The van der Waals surface area contributed by atoms with Crippen LogP contribution in [0.15, 0.2) is 12.4 Å². The van der Waals surface area contributed by atoms with Gasteiger partial charge in [0.05, 0.1) is 0 Å². The fourth-order valence-corrected chi connectivity index (χ4v) is 2.29. The Kier molecular flexibility index (Phi) is 4.69. The second kappa shape index (κ2) is 6.31. The van der Waals surface area contributed by atoms with Gasteiger partial charge in [-0.3, -0.25) is 4.79 Å². The van der Waals surface area contributed by atoms with Crippen LogP contribution in [0.4, 0.5) is 0 Å². The summed E-state index contributed by atoms with van der Waals surface area (Å²) in [5.41, 5.74) is -0.163. The lowest BCUT2D eigenvalue weighted by molar-refractivity contribution is -0.116. The van der Waals surface area contributed by atoms with Gasteiger partial charge >= 0.3 is 0 Å². The van der Waals surface area contributed by atoms with E-state index in [9.17, 15) is 4.79 Å². The molecule has 2 atom stereocenters. The molecule has 1 fully saturated rings. The molecule has 2 heterocycles. The van der Waals surface area contributed by atoms with Crippen molar-refractivity contribution in [3.8, 4) is 11.8 Å². The van der Waals surface area contributed by atoms with Crippen LogP contribution in [-0.4, -0.2) is 28.6 Å². The number of aromatic nitrogens is 2. The average molecular weight is 289 g/mol. The number of imidazole rings is 1. The molecule has 0 aromatic carbocycles. The molecule has 1 aromatic rings. The van der Waals surface area contributed by atoms with Gasteiger partial charge in [-0.05, 0) is 33.1 Å². The summed E-state index contributed by atoms with van der Waals surface area (Å²) in [5, 5.41) is 2.88. The molecule has 2 rings (SSSR count). The van der Waals surface area contributed by atoms with E-state index in [1.165, 1.54) is 0 Å². The Morgan fingerprint density at radius 2 is 2.33 bits per heavy atom. The number of carbonyl (C=O) groups excluding carboxylic acids is 1. The van der Waals surface area contributed by atoms with Gasteiger partial charge in [0.2, 0.25) is 0 Å². The van der Waals surface area contributed by atoms with Gasteiger partial charge < -0.3 is 14.6 Å². The summed E-state index contributed by atoms with van der Waals surface area (Å²) >= 11 is 0. The van der Waals surface area contributed by atoms with Crippen molar-refractivity contribution in [2.45, 2.75) is 33.3 Å². The number of aryl methyl sites for hydroxylation is 1. The van der Waals surface area contributed by atoms with Gasteiger partial charge in [-0.15, -0.1) is 0 Å². The Morgan fingerprint density at radius 1 is 1.57 bits per heavy atom. The summed E-state index contributed by atoms with van der Waals surface area (Å²) in [6.07, 6.45) is 4.54. The molecule has 1 amide bonds. The molecule has 1 N–H and O–H groups in total. The minimum absolute atomic E-state index is 0.0547. The Labute approximate surface area is 126 Å². The zero-order valence-electron chi connectivity index (χ0n) is 13.1. The van der Waals surface area contributed by atoms with E-state index in [1.54, 1.807) is 6.20 Å². The van der Waals surface area contributed by atoms with Crippen molar-refractivity contribution in [3.63, 3.8) is 0 Å². The number of nitrogens with one attached hydrogen (secondary N) is 1.